The van der Waals surface area contributed by atoms with Gasteiger partial charge in [-0.25, -0.2) is 0 Å². The lowest BCUT2D eigenvalue weighted by molar-refractivity contribution is 1.28. The first-order chi connectivity index (χ1) is 27.3. The van der Waals surface area contributed by atoms with E-state index in [9.17, 15) is 0 Å². The normalized spacial score (nSPS) is 10.9. The Hall–Kier alpha value is -7.22. The SMILES string of the molecule is c1ccc(-c2ccc(-c3ccc(N(c4ccc(-c5ccccc5)cc4)c4cc(-c5ccccc5)cc(-c5ccccc5)c4)c(-c4ccccc4)c3)cc2)cc1. The van der Waals surface area contributed by atoms with Crippen LogP contribution in [0.1, 0.15) is 0 Å². The van der Waals surface area contributed by atoms with Gasteiger partial charge in [-0.05, 0) is 104 Å². The lowest BCUT2D eigenvalue weighted by Crippen LogP contribution is -2.12. The quantitative estimate of drug-likeness (QED) is 0.145. The highest BCUT2D eigenvalue weighted by molar-refractivity contribution is 5.93. The molecule has 0 bridgehead atoms. The maximum Gasteiger partial charge on any atom is 0.0540 e. The van der Waals surface area contributed by atoms with Crippen molar-refractivity contribution >= 4 is 17.1 Å². The third kappa shape index (κ3) is 7.25. The summed E-state index contributed by atoms with van der Waals surface area (Å²) < 4.78 is 0. The molecular weight excluding hydrogens is 663 g/mol. The molecule has 0 saturated heterocycles. The van der Waals surface area contributed by atoms with Gasteiger partial charge in [0.25, 0.3) is 0 Å². The molecule has 55 heavy (non-hydrogen) atoms. The van der Waals surface area contributed by atoms with Crippen LogP contribution >= 0.6 is 0 Å². The van der Waals surface area contributed by atoms with Crippen molar-refractivity contribution in [3.63, 3.8) is 0 Å². The van der Waals surface area contributed by atoms with E-state index in [4.69, 9.17) is 0 Å². The van der Waals surface area contributed by atoms with E-state index in [0.717, 1.165) is 28.2 Å². The van der Waals surface area contributed by atoms with E-state index in [1.165, 1.54) is 55.6 Å². The van der Waals surface area contributed by atoms with Crippen LogP contribution in [0.15, 0.2) is 237 Å². The molecule has 9 aromatic rings. The minimum Gasteiger partial charge on any atom is -0.310 e. The van der Waals surface area contributed by atoms with Gasteiger partial charge in [-0.3, -0.25) is 0 Å². The minimum atomic E-state index is 1.08. The molecule has 0 saturated carbocycles. The summed E-state index contributed by atoms with van der Waals surface area (Å²) in [6.45, 7) is 0. The van der Waals surface area contributed by atoms with Crippen molar-refractivity contribution in [3.8, 4) is 66.8 Å². The molecule has 0 N–H and O–H groups in total. The van der Waals surface area contributed by atoms with Crippen LogP contribution in [0.4, 0.5) is 17.1 Å². The van der Waals surface area contributed by atoms with Crippen LogP contribution in [-0.4, -0.2) is 0 Å². The van der Waals surface area contributed by atoms with Gasteiger partial charge in [-0.2, -0.15) is 0 Å². The van der Waals surface area contributed by atoms with Crippen LogP contribution in [0.25, 0.3) is 66.8 Å². The van der Waals surface area contributed by atoms with Crippen LogP contribution in [0, 0.1) is 0 Å². The van der Waals surface area contributed by atoms with Gasteiger partial charge in [0.05, 0.1) is 5.69 Å². The zero-order valence-corrected chi connectivity index (χ0v) is 30.5. The second-order valence-corrected chi connectivity index (χ2v) is 13.8. The Morgan fingerprint density at radius 3 is 0.964 bits per heavy atom. The molecule has 9 aromatic carbocycles. The Morgan fingerprint density at radius 2 is 0.527 bits per heavy atom. The first-order valence-electron chi connectivity index (χ1n) is 18.8. The standard InChI is InChI=1S/C54H39N/c1-6-16-40(17-7-1)44-26-28-46(29-27-44)48-32-35-54(53(39-48)47-24-14-5-15-25-47)55(51-33-30-45(31-34-51)41-18-8-2-9-19-41)52-37-49(42-20-10-3-11-21-42)36-50(38-52)43-22-12-4-13-23-43/h1-39H. The molecule has 0 aromatic heterocycles. The van der Waals surface area contributed by atoms with Gasteiger partial charge in [0.2, 0.25) is 0 Å². The summed E-state index contributed by atoms with van der Waals surface area (Å²) in [7, 11) is 0. The van der Waals surface area contributed by atoms with E-state index in [1.807, 2.05) is 0 Å². The molecule has 260 valence electrons. The Kier molecular flexibility index (Phi) is 9.41. The van der Waals surface area contributed by atoms with E-state index in [0.29, 0.717) is 0 Å². The van der Waals surface area contributed by atoms with Gasteiger partial charge in [0.15, 0.2) is 0 Å². The fraction of sp³-hybridized carbons (Fsp3) is 0. The molecular formula is C54H39N. The Balaban J connectivity index is 1.24. The van der Waals surface area contributed by atoms with Crippen molar-refractivity contribution in [1.29, 1.82) is 0 Å². The molecule has 1 nitrogen and oxygen atoms in total. The van der Waals surface area contributed by atoms with Crippen molar-refractivity contribution < 1.29 is 0 Å². The van der Waals surface area contributed by atoms with Gasteiger partial charge < -0.3 is 4.90 Å². The van der Waals surface area contributed by atoms with Gasteiger partial charge >= 0.3 is 0 Å². The first kappa shape index (κ1) is 33.6. The lowest BCUT2D eigenvalue weighted by Gasteiger charge is -2.29. The number of benzene rings is 9. The Bertz CT molecular complexity index is 2580. The van der Waals surface area contributed by atoms with E-state index in [-0.39, 0.29) is 0 Å². The molecule has 0 aliphatic carbocycles. The number of rotatable bonds is 9. The van der Waals surface area contributed by atoms with Gasteiger partial charge in [0.1, 0.15) is 0 Å². The number of hydrogen-bond acceptors (Lipinski definition) is 1. The monoisotopic (exact) mass is 701 g/mol. The van der Waals surface area contributed by atoms with Gasteiger partial charge in [-0.15, -0.1) is 0 Å². The Morgan fingerprint density at radius 1 is 0.200 bits per heavy atom. The first-order valence-corrected chi connectivity index (χ1v) is 18.8. The average molecular weight is 702 g/mol. The summed E-state index contributed by atoms with van der Waals surface area (Å²) in [6, 6.07) is 85.1. The summed E-state index contributed by atoms with van der Waals surface area (Å²) >= 11 is 0. The van der Waals surface area contributed by atoms with Crippen LogP contribution in [0.3, 0.4) is 0 Å². The third-order valence-electron chi connectivity index (χ3n) is 10.3. The second kappa shape index (κ2) is 15.4. The number of nitrogens with zero attached hydrogens (tertiary/aromatic N) is 1. The fourth-order valence-electron chi connectivity index (χ4n) is 7.44. The van der Waals surface area contributed by atoms with E-state index < -0.39 is 0 Å². The smallest absolute Gasteiger partial charge is 0.0540 e. The summed E-state index contributed by atoms with van der Waals surface area (Å²) in [5.41, 5.74) is 17.4. The summed E-state index contributed by atoms with van der Waals surface area (Å²) in [5.74, 6) is 0. The zero-order chi connectivity index (χ0) is 36.8. The maximum atomic E-state index is 2.43. The summed E-state index contributed by atoms with van der Waals surface area (Å²) in [4.78, 5) is 2.43. The maximum absolute atomic E-state index is 2.43. The van der Waals surface area contributed by atoms with Gasteiger partial charge in [0, 0.05) is 16.9 Å². The Labute approximate surface area is 324 Å². The largest absolute Gasteiger partial charge is 0.310 e. The minimum absolute atomic E-state index is 1.08. The van der Waals surface area contributed by atoms with Crippen molar-refractivity contribution in [3.05, 3.63) is 237 Å². The molecule has 0 fully saturated rings. The van der Waals surface area contributed by atoms with Crippen molar-refractivity contribution in [2.24, 2.45) is 0 Å². The molecule has 9 rings (SSSR count). The third-order valence-corrected chi connectivity index (χ3v) is 10.3. The molecule has 0 radical (unpaired) electrons. The molecule has 0 unspecified atom stereocenters. The number of anilines is 3. The average Bonchev–Trinajstić information content (AvgIpc) is 3.28. The van der Waals surface area contributed by atoms with Crippen molar-refractivity contribution in [2.45, 2.75) is 0 Å². The van der Waals surface area contributed by atoms with E-state index >= 15 is 0 Å². The molecule has 0 aliphatic rings. The highest BCUT2D eigenvalue weighted by atomic mass is 15.1. The highest BCUT2D eigenvalue weighted by Gasteiger charge is 2.20. The van der Waals surface area contributed by atoms with Crippen molar-refractivity contribution in [1.82, 2.24) is 0 Å². The molecule has 1 heteroatoms. The number of hydrogen-bond donors (Lipinski definition) is 0. The van der Waals surface area contributed by atoms with Crippen LogP contribution in [-0.2, 0) is 0 Å². The van der Waals surface area contributed by atoms with Crippen molar-refractivity contribution in [2.75, 3.05) is 4.90 Å². The van der Waals surface area contributed by atoms with Crippen LogP contribution < -0.4 is 4.90 Å². The second-order valence-electron chi connectivity index (χ2n) is 13.8. The van der Waals surface area contributed by atoms with Crippen LogP contribution in [0.5, 0.6) is 0 Å². The van der Waals surface area contributed by atoms with E-state index in [1.54, 1.807) is 0 Å². The molecule has 0 spiro atoms. The predicted octanol–water partition coefficient (Wildman–Crippen LogP) is 15.2. The highest BCUT2D eigenvalue weighted by Crippen LogP contribution is 2.45. The predicted molar refractivity (Wildman–Crippen MR) is 234 cm³/mol. The van der Waals surface area contributed by atoms with Gasteiger partial charge in [-0.1, -0.05) is 194 Å². The van der Waals surface area contributed by atoms with Crippen LogP contribution in [0.2, 0.25) is 0 Å². The van der Waals surface area contributed by atoms with E-state index in [2.05, 4.69) is 241 Å². The fourth-order valence-corrected chi connectivity index (χ4v) is 7.44. The molecule has 0 aliphatic heterocycles. The topological polar surface area (TPSA) is 3.24 Å². The summed E-state index contributed by atoms with van der Waals surface area (Å²) in [6.07, 6.45) is 0. The summed E-state index contributed by atoms with van der Waals surface area (Å²) in [5, 5.41) is 0. The molecule has 0 amide bonds. The molecule has 0 heterocycles. The lowest BCUT2D eigenvalue weighted by atomic mass is 9.94. The molecule has 0 atom stereocenters. The zero-order valence-electron chi connectivity index (χ0n) is 30.5.